The van der Waals surface area contributed by atoms with Crippen LogP contribution in [0.2, 0.25) is 0 Å². The van der Waals surface area contributed by atoms with Crippen LogP contribution < -0.4 is 11.2 Å². The molecule has 0 saturated heterocycles. The number of fused-ring (bicyclic) bond motifs is 3. The van der Waals surface area contributed by atoms with Gasteiger partial charge < -0.3 is 0 Å². The Kier molecular flexibility index (Phi) is 4.20. The maximum absolute atomic E-state index is 14.0. The lowest BCUT2D eigenvalue weighted by Gasteiger charge is -2.06. The number of hydrogen-bond donors (Lipinski definition) is 0. The predicted octanol–water partition coefficient (Wildman–Crippen LogP) is 2.86. The highest BCUT2D eigenvalue weighted by atomic mass is 32.1. The van der Waals surface area contributed by atoms with Gasteiger partial charge in [-0.15, -0.1) is 16.4 Å². The molecule has 0 spiro atoms. The first-order valence-corrected chi connectivity index (χ1v) is 9.32. The molecule has 6 nitrogen and oxygen atoms in total. The molecule has 0 saturated carbocycles. The first-order valence-electron chi connectivity index (χ1n) is 8.44. The summed E-state index contributed by atoms with van der Waals surface area (Å²) in [5.41, 5.74) is 0.408. The van der Waals surface area contributed by atoms with E-state index in [9.17, 15) is 14.0 Å². The van der Waals surface area contributed by atoms with Crippen molar-refractivity contribution in [3.63, 3.8) is 0 Å². The molecule has 134 valence electrons. The number of nitrogens with zero attached hydrogens (tertiary/aromatic N) is 4. The summed E-state index contributed by atoms with van der Waals surface area (Å²) in [5.74, 6) is -0.0869. The monoisotopic (exact) mass is 372 g/mol. The molecular weight excluding hydrogens is 355 g/mol. The second kappa shape index (κ2) is 6.53. The maximum atomic E-state index is 14.0. The zero-order chi connectivity index (χ0) is 18.3. The molecule has 0 aliphatic heterocycles. The number of aromatic nitrogens is 4. The topological polar surface area (TPSA) is 61.3 Å². The standard InChI is InChI=1S/C18H17FN4O2S/c1-2-3-9-21-16(24)15-14(8-10-26-15)23-17(21)20-22(18(23)25)11-12-6-4-5-7-13(12)19/h4-8,10H,2-3,9,11H2,1H3. The normalized spacial score (nSPS) is 11.6. The van der Waals surface area contributed by atoms with E-state index in [-0.39, 0.29) is 23.6 Å². The molecule has 4 aromatic rings. The van der Waals surface area contributed by atoms with Crippen LogP contribution in [0.15, 0.2) is 45.3 Å². The van der Waals surface area contributed by atoms with Gasteiger partial charge in [0, 0.05) is 12.1 Å². The van der Waals surface area contributed by atoms with Gasteiger partial charge in [-0.25, -0.2) is 18.3 Å². The lowest BCUT2D eigenvalue weighted by molar-refractivity contribution is 0.575. The van der Waals surface area contributed by atoms with Gasteiger partial charge in [0.1, 0.15) is 10.5 Å². The smallest absolute Gasteiger partial charge is 0.276 e. The fourth-order valence-corrected chi connectivity index (χ4v) is 3.87. The molecule has 0 atom stereocenters. The molecule has 0 aliphatic carbocycles. The lowest BCUT2D eigenvalue weighted by atomic mass is 10.2. The largest absolute Gasteiger partial charge is 0.352 e. The average Bonchev–Trinajstić information content (AvgIpc) is 3.23. The van der Waals surface area contributed by atoms with Crippen molar-refractivity contribution < 1.29 is 4.39 Å². The first kappa shape index (κ1) is 16.7. The van der Waals surface area contributed by atoms with E-state index in [0.29, 0.717) is 28.1 Å². The zero-order valence-electron chi connectivity index (χ0n) is 14.2. The third-order valence-corrected chi connectivity index (χ3v) is 5.29. The van der Waals surface area contributed by atoms with Crippen molar-refractivity contribution in [2.75, 3.05) is 0 Å². The van der Waals surface area contributed by atoms with Crippen molar-refractivity contribution in [2.45, 2.75) is 32.9 Å². The summed E-state index contributed by atoms with van der Waals surface area (Å²) >= 11 is 1.31. The van der Waals surface area contributed by atoms with Crippen molar-refractivity contribution in [3.05, 3.63) is 67.9 Å². The molecule has 8 heteroatoms. The fraction of sp³-hybridized carbons (Fsp3) is 0.278. The molecule has 0 amide bonds. The highest BCUT2D eigenvalue weighted by Crippen LogP contribution is 2.18. The average molecular weight is 372 g/mol. The molecule has 0 bridgehead atoms. The van der Waals surface area contributed by atoms with Gasteiger partial charge in [0.25, 0.3) is 5.56 Å². The van der Waals surface area contributed by atoms with Gasteiger partial charge in [-0.1, -0.05) is 31.5 Å². The summed E-state index contributed by atoms with van der Waals surface area (Å²) in [7, 11) is 0. The minimum Gasteiger partial charge on any atom is -0.276 e. The summed E-state index contributed by atoms with van der Waals surface area (Å²) in [6.45, 7) is 2.54. The minimum absolute atomic E-state index is 0.0147. The quantitative estimate of drug-likeness (QED) is 0.541. The van der Waals surface area contributed by atoms with Gasteiger partial charge in [-0.3, -0.25) is 9.36 Å². The first-order chi connectivity index (χ1) is 12.6. The second-order valence-electron chi connectivity index (χ2n) is 6.11. The van der Waals surface area contributed by atoms with E-state index >= 15 is 0 Å². The van der Waals surface area contributed by atoms with E-state index in [1.54, 1.807) is 34.2 Å². The Balaban J connectivity index is 1.97. The Morgan fingerprint density at radius 1 is 1.19 bits per heavy atom. The summed E-state index contributed by atoms with van der Waals surface area (Å²) < 4.78 is 18.7. The van der Waals surface area contributed by atoms with Gasteiger partial charge in [0.2, 0.25) is 5.78 Å². The molecule has 0 unspecified atom stereocenters. The Hall–Kier alpha value is -2.74. The molecule has 0 aliphatic rings. The van der Waals surface area contributed by atoms with Crippen LogP contribution in [0, 0.1) is 5.82 Å². The van der Waals surface area contributed by atoms with Crippen LogP contribution >= 0.6 is 11.3 Å². The van der Waals surface area contributed by atoms with Gasteiger partial charge in [0.15, 0.2) is 0 Å². The van der Waals surface area contributed by atoms with Crippen molar-refractivity contribution in [2.24, 2.45) is 0 Å². The molecule has 1 aromatic carbocycles. The number of benzene rings is 1. The summed E-state index contributed by atoms with van der Waals surface area (Å²) in [4.78, 5) is 25.7. The predicted molar refractivity (Wildman–Crippen MR) is 99.5 cm³/mol. The third-order valence-electron chi connectivity index (χ3n) is 4.40. The van der Waals surface area contributed by atoms with E-state index in [2.05, 4.69) is 5.10 Å². The van der Waals surface area contributed by atoms with Crippen LogP contribution in [0.3, 0.4) is 0 Å². The highest BCUT2D eigenvalue weighted by Gasteiger charge is 2.18. The van der Waals surface area contributed by atoms with Crippen LogP contribution in [0.25, 0.3) is 16.0 Å². The Morgan fingerprint density at radius 2 is 2.00 bits per heavy atom. The van der Waals surface area contributed by atoms with E-state index in [1.165, 1.54) is 26.5 Å². The highest BCUT2D eigenvalue weighted by molar-refractivity contribution is 7.17. The van der Waals surface area contributed by atoms with Crippen molar-refractivity contribution >= 4 is 27.3 Å². The third kappa shape index (κ3) is 2.57. The summed E-state index contributed by atoms with van der Waals surface area (Å²) in [6.07, 6.45) is 1.72. The summed E-state index contributed by atoms with van der Waals surface area (Å²) in [6, 6.07) is 8.03. The number of halogens is 1. The van der Waals surface area contributed by atoms with Crippen LogP contribution in [0.5, 0.6) is 0 Å². The number of rotatable bonds is 5. The fourth-order valence-electron chi connectivity index (χ4n) is 3.04. The van der Waals surface area contributed by atoms with Crippen LogP contribution in [0.4, 0.5) is 4.39 Å². The van der Waals surface area contributed by atoms with Crippen molar-refractivity contribution in [1.82, 2.24) is 18.7 Å². The molecule has 3 aromatic heterocycles. The number of aryl methyl sites for hydroxylation is 1. The molecule has 0 radical (unpaired) electrons. The van der Waals surface area contributed by atoms with Gasteiger partial charge in [0.05, 0.1) is 12.1 Å². The van der Waals surface area contributed by atoms with Crippen molar-refractivity contribution in [3.8, 4) is 0 Å². The van der Waals surface area contributed by atoms with E-state index in [4.69, 9.17) is 0 Å². The molecule has 3 heterocycles. The SMILES string of the molecule is CCCCn1c(=O)c2sccc2n2c(=O)n(Cc3ccccc3F)nc12. The van der Waals surface area contributed by atoms with Gasteiger partial charge >= 0.3 is 5.69 Å². The zero-order valence-corrected chi connectivity index (χ0v) is 15.0. The van der Waals surface area contributed by atoms with E-state index < -0.39 is 0 Å². The lowest BCUT2D eigenvalue weighted by Crippen LogP contribution is -2.26. The van der Waals surface area contributed by atoms with Gasteiger partial charge in [-0.05, 0) is 23.9 Å². The number of hydrogen-bond acceptors (Lipinski definition) is 4. The Bertz CT molecular complexity index is 1220. The van der Waals surface area contributed by atoms with Gasteiger partial charge in [-0.2, -0.15) is 0 Å². The summed E-state index contributed by atoms with van der Waals surface area (Å²) in [5, 5.41) is 6.15. The molecule has 4 rings (SSSR count). The molecular formula is C18H17FN4O2S. The number of thiophene rings is 1. The van der Waals surface area contributed by atoms with Crippen LogP contribution in [0.1, 0.15) is 25.3 Å². The Morgan fingerprint density at radius 3 is 2.77 bits per heavy atom. The molecule has 0 fully saturated rings. The second-order valence-corrected chi connectivity index (χ2v) is 7.03. The molecule has 0 N–H and O–H groups in total. The maximum Gasteiger partial charge on any atom is 0.352 e. The Labute approximate surface area is 151 Å². The van der Waals surface area contributed by atoms with E-state index in [1.807, 2.05) is 6.92 Å². The van der Waals surface area contributed by atoms with Crippen LogP contribution in [-0.4, -0.2) is 18.7 Å². The van der Waals surface area contributed by atoms with Crippen molar-refractivity contribution in [1.29, 1.82) is 0 Å². The minimum atomic E-state index is -0.388. The van der Waals surface area contributed by atoms with E-state index in [0.717, 1.165) is 12.8 Å². The molecule has 26 heavy (non-hydrogen) atoms. The number of unbranched alkanes of at least 4 members (excludes halogenated alkanes) is 1. The van der Waals surface area contributed by atoms with Crippen LogP contribution in [-0.2, 0) is 13.1 Å².